The minimum atomic E-state index is -3.39. The number of nitrogens with one attached hydrogen (secondary N) is 3. The van der Waals surface area contributed by atoms with Gasteiger partial charge >= 0.3 is 11.9 Å². The van der Waals surface area contributed by atoms with Crippen molar-refractivity contribution >= 4 is 29.7 Å². The van der Waals surface area contributed by atoms with Crippen LogP contribution in [0, 0.1) is 0 Å². The molecule has 4 aliphatic rings. The lowest BCUT2D eigenvalue weighted by molar-refractivity contribution is -0.388. The van der Waals surface area contributed by atoms with E-state index in [1.54, 1.807) is 0 Å². The zero-order chi connectivity index (χ0) is 81.2. The van der Waals surface area contributed by atoms with E-state index >= 15 is 0 Å². The van der Waals surface area contributed by atoms with Gasteiger partial charge in [-0.25, -0.2) is 9.59 Å². The van der Waals surface area contributed by atoms with Crippen LogP contribution < -0.4 is 16.0 Å². The lowest BCUT2D eigenvalue weighted by atomic mass is 9.87. The van der Waals surface area contributed by atoms with Gasteiger partial charge in [0.05, 0.1) is 69.5 Å². The highest BCUT2D eigenvalue weighted by Crippen LogP contribution is 2.41. The molecule has 0 aliphatic carbocycles. The Morgan fingerprint density at radius 1 is 0.455 bits per heavy atom. The van der Waals surface area contributed by atoms with Crippen LogP contribution in [0.25, 0.3) is 0 Å². The van der Waals surface area contributed by atoms with E-state index in [4.69, 9.17) is 37.9 Å². The average Bonchev–Trinajstić information content (AvgIpc) is 0.752. The van der Waals surface area contributed by atoms with E-state index in [-0.39, 0.29) is 12.3 Å². The molecule has 4 fully saturated rings. The number of aliphatic carboxylic acids is 2. The number of aliphatic hydroxyl groups is 14. The number of amides is 3. The first-order chi connectivity index (χ1) is 52.7. The average molecular weight is 1590 g/mol. The lowest BCUT2D eigenvalue weighted by Gasteiger charge is -2.51. The SMILES string of the molecule is CCCCCCCCCCCCCCCCCCCCCCCCCC(=O)N[C@@H](CO[C@@H]1O[C@H](CO)[C@@H](O[C@@H]2O[C@H](CO)[C@H](O)[C@H](O[C@]3(C(=O)O)C[C@H](O)[C@@H](NC(C)=O)C([C@H](O)[C@@H](CO)O[C@]4(C(=O)O)C[C@H](O)[C@@H](NC(C)=O)C([C@H](O)[C@H](O)CO)O4)O3)[C@H]2O)[C@H](O)[C@H]1O)[C@H](O)CCCCCCCCCCCCCCC. The largest absolute Gasteiger partial charge is 0.477 e. The van der Waals surface area contributed by atoms with E-state index in [9.17, 15) is 106 Å². The molecule has 4 saturated heterocycles. The number of aliphatic hydroxyl groups excluding tert-OH is 14. The van der Waals surface area contributed by atoms with E-state index in [1.165, 1.54) is 167 Å². The number of carboxylic acid groups (broad SMARTS) is 2. The fourth-order valence-corrected chi connectivity index (χ4v) is 15.2. The second kappa shape index (κ2) is 54.4. The number of hydrogen-bond donors (Lipinski definition) is 19. The van der Waals surface area contributed by atoms with Gasteiger partial charge in [0.1, 0.15) is 85.5 Å². The first-order valence-electron chi connectivity index (χ1n) is 41.5. The molecule has 0 saturated carbocycles. The minimum absolute atomic E-state index is 0.180. The first-order valence-corrected chi connectivity index (χ1v) is 41.5. The van der Waals surface area contributed by atoms with Crippen molar-refractivity contribution in [2.75, 3.05) is 33.0 Å². The van der Waals surface area contributed by atoms with Crippen LogP contribution in [0.15, 0.2) is 0 Å². The van der Waals surface area contributed by atoms with Crippen LogP contribution in [-0.2, 0) is 61.9 Å². The molecular formula is C78H143N3O29. The van der Waals surface area contributed by atoms with Crippen molar-refractivity contribution in [2.45, 2.75) is 431 Å². The van der Waals surface area contributed by atoms with E-state index in [0.717, 1.165) is 65.2 Å². The maximum absolute atomic E-state index is 13.6. The summed E-state index contributed by atoms with van der Waals surface area (Å²) in [5.41, 5.74) is 0. The maximum atomic E-state index is 13.6. The van der Waals surface area contributed by atoms with Crippen molar-refractivity contribution in [2.24, 2.45) is 0 Å². The van der Waals surface area contributed by atoms with Crippen LogP contribution in [0.1, 0.15) is 285 Å². The molecule has 0 aromatic heterocycles. The Hall–Kier alpha value is -3.53. The van der Waals surface area contributed by atoms with Gasteiger partial charge in [0.2, 0.25) is 17.7 Å². The summed E-state index contributed by atoms with van der Waals surface area (Å²) in [5, 5.41) is 186. The zero-order valence-corrected chi connectivity index (χ0v) is 66.0. The van der Waals surface area contributed by atoms with Crippen LogP contribution in [-0.4, -0.2) is 290 Å². The van der Waals surface area contributed by atoms with Crippen LogP contribution in [0.2, 0.25) is 0 Å². The molecule has 0 aromatic rings. The molecule has 32 heteroatoms. The normalized spacial score (nSPS) is 30.2. The third-order valence-electron chi connectivity index (χ3n) is 21.8. The van der Waals surface area contributed by atoms with Crippen LogP contribution >= 0.6 is 0 Å². The van der Waals surface area contributed by atoms with Crippen LogP contribution in [0.3, 0.4) is 0 Å². The molecule has 4 aliphatic heterocycles. The van der Waals surface area contributed by atoms with Gasteiger partial charge < -0.3 is 136 Å². The van der Waals surface area contributed by atoms with Gasteiger partial charge in [0.25, 0.3) is 11.6 Å². The lowest BCUT2D eigenvalue weighted by Crippen LogP contribution is -2.72. The van der Waals surface area contributed by atoms with Crippen molar-refractivity contribution in [3.63, 3.8) is 0 Å². The molecule has 4 rings (SSSR count). The quantitative estimate of drug-likeness (QED) is 0.0386. The van der Waals surface area contributed by atoms with Gasteiger partial charge in [-0.3, -0.25) is 14.4 Å². The van der Waals surface area contributed by atoms with E-state index in [2.05, 4.69) is 29.8 Å². The number of carbonyl (C=O) groups excluding carboxylic acids is 3. The van der Waals surface area contributed by atoms with E-state index in [0.29, 0.717) is 19.3 Å². The third-order valence-corrected chi connectivity index (χ3v) is 21.8. The molecule has 4 heterocycles. The van der Waals surface area contributed by atoms with E-state index in [1.807, 2.05) is 0 Å². The van der Waals surface area contributed by atoms with Crippen molar-refractivity contribution < 1.29 is 144 Å². The molecule has 2 unspecified atom stereocenters. The summed E-state index contributed by atoms with van der Waals surface area (Å²) in [7, 11) is 0. The summed E-state index contributed by atoms with van der Waals surface area (Å²) in [6, 6.07) is -4.64. The Balaban J connectivity index is 1.41. The Kier molecular flexibility index (Phi) is 48.9. The highest BCUT2D eigenvalue weighted by atomic mass is 16.8. The molecule has 0 aromatic carbocycles. The summed E-state index contributed by atoms with van der Waals surface area (Å²) >= 11 is 0. The molecule has 24 atom stereocenters. The predicted octanol–water partition coefficient (Wildman–Crippen LogP) is 3.68. The molecule has 644 valence electrons. The summed E-state index contributed by atoms with van der Waals surface area (Å²) in [5.74, 6) is -13.1. The van der Waals surface area contributed by atoms with Gasteiger partial charge in [-0.1, -0.05) is 239 Å². The molecule has 110 heavy (non-hydrogen) atoms. The molecule has 0 spiro atoms. The first kappa shape index (κ1) is 98.8. The summed E-state index contributed by atoms with van der Waals surface area (Å²) in [6.07, 6.45) is 1.27. The number of carboxylic acids is 2. The number of hydrogen-bond acceptors (Lipinski definition) is 27. The molecule has 0 radical (unpaired) electrons. The summed E-state index contributed by atoms with van der Waals surface area (Å²) < 4.78 is 46.6. The Bertz CT molecular complexity index is 2500. The minimum Gasteiger partial charge on any atom is -0.477 e. The van der Waals surface area contributed by atoms with Crippen molar-refractivity contribution in [3.05, 3.63) is 0 Å². The monoisotopic (exact) mass is 1590 g/mol. The van der Waals surface area contributed by atoms with Crippen molar-refractivity contribution in [1.82, 2.24) is 16.0 Å². The Labute approximate surface area is 650 Å². The van der Waals surface area contributed by atoms with Gasteiger partial charge in [-0.2, -0.15) is 0 Å². The van der Waals surface area contributed by atoms with Gasteiger partial charge in [-0.05, 0) is 12.8 Å². The highest BCUT2D eigenvalue weighted by molar-refractivity contribution is 5.78. The number of ether oxygens (including phenoxy) is 8. The van der Waals surface area contributed by atoms with Gasteiger partial charge in [0.15, 0.2) is 12.6 Å². The maximum Gasteiger partial charge on any atom is 0.364 e. The molecule has 32 nitrogen and oxygen atoms in total. The summed E-state index contributed by atoms with van der Waals surface area (Å²) in [4.78, 5) is 65.2. The van der Waals surface area contributed by atoms with Crippen molar-refractivity contribution in [3.8, 4) is 0 Å². The fourth-order valence-electron chi connectivity index (χ4n) is 15.2. The summed E-state index contributed by atoms with van der Waals surface area (Å²) in [6.45, 7) is 1.23. The van der Waals surface area contributed by atoms with Crippen LogP contribution in [0.5, 0.6) is 0 Å². The molecule has 3 amide bonds. The Morgan fingerprint density at radius 3 is 1.26 bits per heavy atom. The standard InChI is InChI=1S/C78H143N3O29/c1-5-7-9-11-13-15-17-19-20-21-22-23-24-25-26-27-28-30-32-34-36-38-40-42-60(92)81-52(53(88)41-39-37-35-33-31-29-18-16-14-12-10-8-6-2)49-103-73-67(97)66(96)69(59(48-85)105-73)106-74-68(98)72(64(94)57(46-83)104-74)110-78(76(101)102)44-55(90)62(80-51(4)87)71(109-78)65(95)58(47-84)107-77(75(99)100)43-54(89)61(79-50(3)86)70(108-77)63(93)56(91)45-82/h52-59,61-74,82-85,88-91,93-98H,5-49H2,1-4H3,(H,79,86)(H,80,87)(H,81,92)(H,99,100)(H,101,102)/t52-,53+,54-,55-,56+,57+,58+,59+,61+,62+,63+,64-,65+,66+,67+,68+,69+,70?,71?,72-,73+,74-,77+,78-/m0/s1. The van der Waals surface area contributed by atoms with E-state index < -0.39 is 216 Å². The molecule has 19 N–H and O–H groups in total. The number of rotatable bonds is 61. The van der Waals surface area contributed by atoms with Crippen molar-refractivity contribution in [1.29, 1.82) is 0 Å². The number of unbranched alkanes of at least 4 members (excludes halogenated alkanes) is 34. The second-order valence-corrected chi connectivity index (χ2v) is 31.1. The fraction of sp³-hybridized carbons (Fsp3) is 0.936. The smallest absolute Gasteiger partial charge is 0.364 e. The zero-order valence-electron chi connectivity index (χ0n) is 66.0. The van der Waals surface area contributed by atoms with Gasteiger partial charge in [0, 0.05) is 33.1 Å². The highest BCUT2D eigenvalue weighted by Gasteiger charge is 2.62. The molecular weight excluding hydrogens is 1440 g/mol. The predicted molar refractivity (Wildman–Crippen MR) is 400 cm³/mol. The van der Waals surface area contributed by atoms with Gasteiger partial charge in [-0.15, -0.1) is 0 Å². The second-order valence-electron chi connectivity index (χ2n) is 31.1. The number of carbonyl (C=O) groups is 5. The van der Waals surface area contributed by atoms with Crippen LogP contribution in [0.4, 0.5) is 0 Å². The topological polar surface area (TPSA) is 519 Å². The Morgan fingerprint density at radius 2 is 0.855 bits per heavy atom. The molecule has 0 bridgehead atoms. The third kappa shape index (κ3) is 33.2.